The van der Waals surface area contributed by atoms with E-state index in [0.29, 0.717) is 5.69 Å². The minimum absolute atomic E-state index is 0.657. The number of carbonyl (C=O) groups is 1. The van der Waals surface area contributed by atoms with E-state index >= 15 is 0 Å². The molecule has 1 aromatic heterocycles. The molecule has 0 fully saturated rings. The second-order valence-electron chi connectivity index (χ2n) is 2.73. The number of aromatic amines is 1. The Morgan fingerprint density at radius 2 is 2.08 bits per heavy atom. The number of aryl methyl sites for hydroxylation is 2. The normalized spacial score (nSPS) is 8.92. The molecule has 13 heavy (non-hydrogen) atoms. The average molecular weight is 183 g/mol. The molecule has 1 rings (SSSR count). The predicted molar refractivity (Wildman–Crippen MR) is 53.2 cm³/mol. The molecule has 74 valence electrons. The van der Waals surface area contributed by atoms with Crippen LogP contribution < -0.4 is 0 Å². The fourth-order valence-electron chi connectivity index (χ4n) is 0.756. The average Bonchev–Trinajstić information content (AvgIpc) is 2.47. The molecule has 0 saturated heterocycles. The zero-order valence-electron chi connectivity index (χ0n) is 8.68. The van der Waals surface area contributed by atoms with Gasteiger partial charge >= 0.3 is 0 Å². The van der Waals surface area contributed by atoms with Gasteiger partial charge in [0, 0.05) is 19.4 Å². The van der Waals surface area contributed by atoms with Crippen molar-refractivity contribution in [3.8, 4) is 0 Å². The van der Waals surface area contributed by atoms with E-state index in [0.717, 1.165) is 24.2 Å². The second-order valence-corrected chi connectivity index (χ2v) is 2.73. The van der Waals surface area contributed by atoms with Crippen molar-refractivity contribution in [3.05, 3.63) is 23.0 Å². The number of nitrogens with one attached hydrogen (secondary N) is 1. The largest absolute Gasteiger partial charge is 0.385 e. The number of H-pyrrole nitrogens is 1. The van der Waals surface area contributed by atoms with E-state index in [4.69, 9.17) is 0 Å². The summed E-state index contributed by atoms with van der Waals surface area (Å²) in [6, 6.07) is 1.84. The summed E-state index contributed by atoms with van der Waals surface area (Å²) in [5.74, 6) is 0. The number of aldehydes is 1. The highest BCUT2D eigenvalue weighted by Crippen LogP contribution is 2.05. The van der Waals surface area contributed by atoms with Crippen LogP contribution in [0.2, 0.25) is 0 Å². The molecule has 1 heterocycles. The van der Waals surface area contributed by atoms with E-state index in [-0.39, 0.29) is 0 Å². The Bertz CT molecular complexity index is 232. The van der Waals surface area contributed by atoms with Crippen molar-refractivity contribution in [2.24, 2.45) is 0 Å². The Morgan fingerprint density at radius 3 is 2.23 bits per heavy atom. The fourth-order valence-corrected chi connectivity index (χ4v) is 0.756. The van der Waals surface area contributed by atoms with Crippen LogP contribution in [-0.2, 0) is 4.74 Å². The fraction of sp³-hybridized carbons (Fsp3) is 0.500. The van der Waals surface area contributed by atoms with Gasteiger partial charge in [-0.05, 0) is 32.4 Å². The van der Waals surface area contributed by atoms with Gasteiger partial charge in [-0.25, -0.2) is 0 Å². The summed E-state index contributed by atoms with van der Waals surface area (Å²) in [5.41, 5.74) is 2.86. The molecule has 3 heteroatoms. The van der Waals surface area contributed by atoms with Gasteiger partial charge < -0.3 is 9.72 Å². The Morgan fingerprint density at radius 1 is 1.54 bits per heavy atom. The lowest BCUT2D eigenvalue weighted by molar-refractivity contribution is 0.111. The van der Waals surface area contributed by atoms with Crippen molar-refractivity contribution >= 4 is 6.29 Å². The summed E-state index contributed by atoms with van der Waals surface area (Å²) in [4.78, 5) is 13.1. The summed E-state index contributed by atoms with van der Waals surface area (Å²) in [5, 5.41) is 0. The molecule has 1 aromatic rings. The molecule has 1 N–H and O–H groups in total. The molecule has 0 aliphatic carbocycles. The van der Waals surface area contributed by atoms with E-state index in [1.807, 2.05) is 26.8 Å². The Balaban J connectivity index is 0.000000310. The molecule has 0 spiro atoms. The first-order chi connectivity index (χ1) is 6.15. The van der Waals surface area contributed by atoms with E-state index in [9.17, 15) is 4.79 Å². The lowest BCUT2D eigenvalue weighted by Crippen LogP contribution is -1.76. The van der Waals surface area contributed by atoms with Gasteiger partial charge in [0.05, 0.1) is 5.69 Å². The van der Waals surface area contributed by atoms with Crippen LogP contribution in [-0.4, -0.2) is 25.0 Å². The van der Waals surface area contributed by atoms with Gasteiger partial charge in [0.1, 0.15) is 0 Å². The maximum Gasteiger partial charge on any atom is 0.166 e. The highest BCUT2D eigenvalue weighted by Gasteiger charge is 1.95. The molecule has 0 aliphatic heterocycles. The number of ether oxygens (including phenoxy) is 1. The van der Waals surface area contributed by atoms with Crippen molar-refractivity contribution in [2.45, 2.75) is 20.8 Å². The minimum Gasteiger partial charge on any atom is -0.385 e. The van der Waals surface area contributed by atoms with Gasteiger partial charge in [0.25, 0.3) is 0 Å². The molecular weight excluding hydrogens is 166 g/mol. The smallest absolute Gasteiger partial charge is 0.166 e. The monoisotopic (exact) mass is 183 g/mol. The Hall–Kier alpha value is -1.09. The zero-order chi connectivity index (χ0) is 10.3. The molecule has 3 nitrogen and oxygen atoms in total. The van der Waals surface area contributed by atoms with Crippen molar-refractivity contribution in [3.63, 3.8) is 0 Å². The van der Waals surface area contributed by atoms with Gasteiger partial charge in [-0.3, -0.25) is 4.79 Å². The SMILES string of the molecule is CCOC.Cc1cc(C=O)[nH]c1C. The van der Waals surface area contributed by atoms with Crippen molar-refractivity contribution in [1.29, 1.82) is 0 Å². The maximum atomic E-state index is 10.1. The number of rotatable bonds is 2. The third-order valence-corrected chi connectivity index (χ3v) is 1.71. The van der Waals surface area contributed by atoms with Crippen LogP contribution in [0.15, 0.2) is 6.07 Å². The lowest BCUT2D eigenvalue weighted by atomic mass is 10.3. The topological polar surface area (TPSA) is 42.1 Å². The second kappa shape index (κ2) is 6.43. The molecule has 0 bridgehead atoms. The van der Waals surface area contributed by atoms with Crippen molar-refractivity contribution < 1.29 is 9.53 Å². The number of carbonyl (C=O) groups excluding carboxylic acids is 1. The molecule has 0 saturated carbocycles. The van der Waals surface area contributed by atoms with Gasteiger partial charge in [-0.15, -0.1) is 0 Å². The van der Waals surface area contributed by atoms with Crippen molar-refractivity contribution in [1.82, 2.24) is 4.98 Å². The van der Waals surface area contributed by atoms with Crippen LogP contribution >= 0.6 is 0 Å². The maximum absolute atomic E-state index is 10.1. The molecule has 0 radical (unpaired) electrons. The van der Waals surface area contributed by atoms with Crippen LogP contribution in [0.25, 0.3) is 0 Å². The molecule has 0 atom stereocenters. The first-order valence-electron chi connectivity index (χ1n) is 4.26. The molecular formula is C10H17NO2. The quantitative estimate of drug-likeness (QED) is 0.713. The number of hydrogen-bond donors (Lipinski definition) is 1. The van der Waals surface area contributed by atoms with Crippen LogP contribution in [0, 0.1) is 13.8 Å². The molecule has 0 aliphatic rings. The summed E-state index contributed by atoms with van der Waals surface area (Å²) in [6.07, 6.45) is 0.819. The summed E-state index contributed by atoms with van der Waals surface area (Å²) < 4.78 is 4.54. The number of methoxy groups -OCH3 is 1. The van der Waals surface area contributed by atoms with Crippen LogP contribution in [0.4, 0.5) is 0 Å². The summed E-state index contributed by atoms with van der Waals surface area (Å²) in [7, 11) is 1.68. The van der Waals surface area contributed by atoms with Crippen molar-refractivity contribution in [2.75, 3.05) is 13.7 Å². The van der Waals surface area contributed by atoms with Crippen LogP contribution in [0.1, 0.15) is 28.7 Å². The van der Waals surface area contributed by atoms with E-state index < -0.39 is 0 Å². The lowest BCUT2D eigenvalue weighted by Gasteiger charge is -1.82. The van der Waals surface area contributed by atoms with E-state index in [1.54, 1.807) is 7.11 Å². The third kappa shape index (κ3) is 4.48. The Labute approximate surface area is 79.1 Å². The van der Waals surface area contributed by atoms with Gasteiger partial charge in [0.2, 0.25) is 0 Å². The van der Waals surface area contributed by atoms with E-state index in [2.05, 4.69) is 9.72 Å². The third-order valence-electron chi connectivity index (χ3n) is 1.71. The minimum atomic E-state index is 0.657. The number of hydrogen-bond acceptors (Lipinski definition) is 2. The van der Waals surface area contributed by atoms with Gasteiger partial charge in [-0.1, -0.05) is 0 Å². The summed E-state index contributed by atoms with van der Waals surface area (Å²) >= 11 is 0. The van der Waals surface area contributed by atoms with Gasteiger partial charge in [-0.2, -0.15) is 0 Å². The molecule has 0 amide bonds. The highest BCUT2D eigenvalue weighted by molar-refractivity contribution is 5.72. The summed E-state index contributed by atoms with van der Waals surface area (Å²) in [6.45, 7) is 6.70. The zero-order valence-corrected chi connectivity index (χ0v) is 8.68. The first kappa shape index (κ1) is 11.9. The van der Waals surface area contributed by atoms with Gasteiger partial charge in [0.15, 0.2) is 6.29 Å². The van der Waals surface area contributed by atoms with Crippen LogP contribution in [0.5, 0.6) is 0 Å². The first-order valence-corrected chi connectivity index (χ1v) is 4.26. The van der Waals surface area contributed by atoms with Crippen LogP contribution in [0.3, 0.4) is 0 Å². The Kier molecular flexibility index (Phi) is 5.89. The molecule has 0 aromatic carbocycles. The number of aromatic nitrogens is 1. The predicted octanol–water partition coefficient (Wildman–Crippen LogP) is 2.10. The standard InChI is InChI=1S/C7H9NO.C3H8O/c1-5-3-7(4-9)8-6(5)2;1-3-4-2/h3-4,8H,1-2H3;3H2,1-2H3. The highest BCUT2D eigenvalue weighted by atomic mass is 16.5. The molecule has 0 unspecified atom stereocenters. The van der Waals surface area contributed by atoms with E-state index in [1.165, 1.54) is 0 Å².